The third kappa shape index (κ3) is 3.64. The standard InChI is InChI=1S/C12H6BCl4O2/c14-7-3-1-4-8(15)11(7)18-13-19-12-9(16)5-2-6-10(12)17/h1-6H. The lowest BCUT2D eigenvalue weighted by Crippen LogP contribution is -2.12. The zero-order valence-corrected chi connectivity index (χ0v) is 12.4. The Morgan fingerprint density at radius 3 is 1.26 bits per heavy atom. The molecule has 2 nitrogen and oxygen atoms in total. The molecule has 0 saturated carbocycles. The van der Waals surface area contributed by atoms with Crippen LogP contribution >= 0.6 is 46.4 Å². The maximum Gasteiger partial charge on any atom is 0.658 e. The van der Waals surface area contributed by atoms with Crippen molar-refractivity contribution in [1.82, 2.24) is 0 Å². The van der Waals surface area contributed by atoms with Crippen LogP contribution in [0.4, 0.5) is 0 Å². The average Bonchev–Trinajstić information content (AvgIpc) is 2.36. The highest BCUT2D eigenvalue weighted by molar-refractivity contribution is 6.39. The van der Waals surface area contributed by atoms with Gasteiger partial charge < -0.3 is 9.31 Å². The first-order valence-electron chi connectivity index (χ1n) is 5.12. The van der Waals surface area contributed by atoms with Crippen LogP contribution in [0.5, 0.6) is 11.5 Å². The van der Waals surface area contributed by atoms with Crippen LogP contribution in [0.3, 0.4) is 0 Å². The van der Waals surface area contributed by atoms with E-state index in [1.54, 1.807) is 36.4 Å². The third-order valence-corrected chi connectivity index (χ3v) is 3.36. The molecule has 0 aliphatic heterocycles. The van der Waals surface area contributed by atoms with E-state index in [0.717, 1.165) is 7.69 Å². The maximum atomic E-state index is 5.94. The summed E-state index contributed by atoms with van der Waals surface area (Å²) in [5.41, 5.74) is 0. The van der Waals surface area contributed by atoms with E-state index >= 15 is 0 Å². The molecule has 19 heavy (non-hydrogen) atoms. The van der Waals surface area contributed by atoms with Crippen molar-refractivity contribution < 1.29 is 9.31 Å². The van der Waals surface area contributed by atoms with Gasteiger partial charge in [0.25, 0.3) is 0 Å². The summed E-state index contributed by atoms with van der Waals surface area (Å²) in [6.07, 6.45) is 0. The Kier molecular flexibility index (Phi) is 5.11. The van der Waals surface area contributed by atoms with Crippen molar-refractivity contribution in [2.75, 3.05) is 0 Å². The molecule has 7 heteroatoms. The van der Waals surface area contributed by atoms with Gasteiger partial charge >= 0.3 is 7.69 Å². The van der Waals surface area contributed by atoms with Gasteiger partial charge in [-0.1, -0.05) is 58.5 Å². The van der Waals surface area contributed by atoms with Crippen molar-refractivity contribution in [1.29, 1.82) is 0 Å². The molecule has 0 N–H and O–H groups in total. The monoisotopic (exact) mass is 333 g/mol. The summed E-state index contributed by atoms with van der Waals surface area (Å²) >= 11 is 23.7. The van der Waals surface area contributed by atoms with Gasteiger partial charge in [0, 0.05) is 0 Å². The van der Waals surface area contributed by atoms with E-state index in [1.165, 1.54) is 0 Å². The van der Waals surface area contributed by atoms with Crippen molar-refractivity contribution in [2.45, 2.75) is 0 Å². The maximum absolute atomic E-state index is 5.94. The Balaban J connectivity index is 2.05. The predicted octanol–water partition coefficient (Wildman–Crippen LogP) is 5.29. The number of hydrogen-bond donors (Lipinski definition) is 0. The molecule has 0 unspecified atom stereocenters. The molecule has 0 fully saturated rings. The lowest BCUT2D eigenvalue weighted by molar-refractivity contribution is 0.459. The van der Waals surface area contributed by atoms with Gasteiger partial charge in [-0.25, -0.2) is 0 Å². The zero-order valence-electron chi connectivity index (χ0n) is 9.37. The largest absolute Gasteiger partial charge is 0.658 e. The Morgan fingerprint density at radius 1 is 0.632 bits per heavy atom. The smallest absolute Gasteiger partial charge is 0.524 e. The van der Waals surface area contributed by atoms with Crippen molar-refractivity contribution in [3.8, 4) is 11.5 Å². The second-order valence-electron chi connectivity index (χ2n) is 3.43. The number of rotatable bonds is 4. The van der Waals surface area contributed by atoms with Crippen LogP contribution in [-0.4, -0.2) is 7.69 Å². The van der Waals surface area contributed by atoms with Gasteiger partial charge in [-0.2, -0.15) is 0 Å². The molecule has 0 aliphatic rings. The van der Waals surface area contributed by atoms with E-state index in [1.807, 2.05) is 0 Å². The highest BCUT2D eigenvalue weighted by Crippen LogP contribution is 2.34. The quantitative estimate of drug-likeness (QED) is 0.707. The summed E-state index contributed by atoms with van der Waals surface area (Å²) in [6, 6.07) is 10.0. The second kappa shape index (κ2) is 6.62. The average molecular weight is 335 g/mol. The van der Waals surface area contributed by atoms with Gasteiger partial charge in [0.05, 0.1) is 20.1 Å². The number of para-hydroxylation sites is 2. The summed E-state index contributed by atoms with van der Waals surface area (Å²) in [5.74, 6) is 0.600. The molecule has 97 valence electrons. The van der Waals surface area contributed by atoms with Crippen LogP contribution in [-0.2, 0) is 0 Å². The van der Waals surface area contributed by atoms with E-state index in [4.69, 9.17) is 55.7 Å². The lowest BCUT2D eigenvalue weighted by atomic mass is 10.3. The van der Waals surface area contributed by atoms with Gasteiger partial charge in [-0.15, -0.1) is 0 Å². The highest BCUT2D eigenvalue weighted by Gasteiger charge is 2.12. The fourth-order valence-corrected chi connectivity index (χ4v) is 2.28. The summed E-state index contributed by atoms with van der Waals surface area (Å²) < 4.78 is 10.5. The van der Waals surface area contributed by atoms with Gasteiger partial charge in [0.1, 0.15) is 11.5 Å². The molecule has 0 spiro atoms. The van der Waals surface area contributed by atoms with E-state index in [0.29, 0.717) is 31.6 Å². The molecule has 0 amide bonds. The fraction of sp³-hybridized carbons (Fsp3) is 0. The van der Waals surface area contributed by atoms with Crippen molar-refractivity contribution in [3.05, 3.63) is 56.5 Å². The summed E-state index contributed by atoms with van der Waals surface area (Å²) in [6.45, 7) is 0. The molecular weight excluding hydrogens is 329 g/mol. The first kappa shape index (κ1) is 14.7. The number of benzene rings is 2. The third-order valence-electron chi connectivity index (χ3n) is 2.17. The SMILES string of the molecule is Clc1cccc(Cl)c1O[B]Oc1c(Cl)cccc1Cl. The minimum absolute atomic E-state index is 0.300. The van der Waals surface area contributed by atoms with Crippen molar-refractivity contribution >= 4 is 54.1 Å². The van der Waals surface area contributed by atoms with Crippen molar-refractivity contribution in [2.24, 2.45) is 0 Å². The minimum Gasteiger partial charge on any atom is -0.524 e. The molecule has 0 aliphatic carbocycles. The molecule has 1 radical (unpaired) electrons. The Labute approximate surface area is 131 Å². The number of halogens is 4. The normalized spacial score (nSPS) is 10.1. The molecule has 2 aromatic carbocycles. The van der Waals surface area contributed by atoms with Crippen LogP contribution in [0, 0.1) is 0 Å². The highest BCUT2D eigenvalue weighted by atomic mass is 35.5. The van der Waals surface area contributed by atoms with Gasteiger partial charge in [-0.05, 0) is 24.3 Å². The van der Waals surface area contributed by atoms with E-state index in [9.17, 15) is 0 Å². The Morgan fingerprint density at radius 2 is 0.947 bits per heavy atom. The molecule has 0 saturated heterocycles. The molecule has 2 rings (SSSR count). The first-order chi connectivity index (χ1) is 9.09. The molecule has 0 bridgehead atoms. The number of hydrogen-bond acceptors (Lipinski definition) is 2. The molecule has 0 heterocycles. The minimum atomic E-state index is 0.300. The van der Waals surface area contributed by atoms with Crippen LogP contribution in [0.15, 0.2) is 36.4 Å². The molecule has 2 aromatic rings. The summed E-state index contributed by atoms with van der Waals surface area (Å²) in [4.78, 5) is 0. The van der Waals surface area contributed by atoms with Crippen LogP contribution in [0.2, 0.25) is 20.1 Å². The predicted molar refractivity (Wildman–Crippen MR) is 79.9 cm³/mol. The van der Waals surface area contributed by atoms with E-state index in [-0.39, 0.29) is 0 Å². The van der Waals surface area contributed by atoms with Crippen molar-refractivity contribution in [3.63, 3.8) is 0 Å². The Hall–Kier alpha value is -0.735. The summed E-state index contributed by atoms with van der Waals surface area (Å²) in [5, 5.41) is 1.49. The van der Waals surface area contributed by atoms with Gasteiger partial charge in [0.15, 0.2) is 0 Å². The van der Waals surface area contributed by atoms with Gasteiger partial charge in [0.2, 0.25) is 0 Å². The lowest BCUT2D eigenvalue weighted by Gasteiger charge is -2.11. The molecule has 0 atom stereocenters. The van der Waals surface area contributed by atoms with Crippen LogP contribution in [0.25, 0.3) is 0 Å². The summed E-state index contributed by atoms with van der Waals surface area (Å²) in [7, 11) is 1.07. The van der Waals surface area contributed by atoms with Crippen LogP contribution in [0.1, 0.15) is 0 Å². The topological polar surface area (TPSA) is 18.5 Å². The second-order valence-corrected chi connectivity index (χ2v) is 5.06. The Bertz CT molecular complexity index is 500. The molecular formula is C12H6BCl4O2. The van der Waals surface area contributed by atoms with E-state index in [2.05, 4.69) is 0 Å². The van der Waals surface area contributed by atoms with Gasteiger partial charge in [-0.3, -0.25) is 0 Å². The fourth-order valence-electron chi connectivity index (χ4n) is 1.31. The van der Waals surface area contributed by atoms with Crippen LogP contribution < -0.4 is 9.31 Å². The van der Waals surface area contributed by atoms with E-state index < -0.39 is 0 Å². The first-order valence-corrected chi connectivity index (χ1v) is 6.64. The zero-order chi connectivity index (χ0) is 13.8. The molecule has 0 aromatic heterocycles.